The van der Waals surface area contributed by atoms with Gasteiger partial charge in [0.1, 0.15) is 5.75 Å². The highest BCUT2D eigenvalue weighted by Gasteiger charge is 2.05. The highest BCUT2D eigenvalue weighted by Crippen LogP contribution is 2.12. The largest absolute Gasteiger partial charge is 0.497 e. The number of nitrogens with zero attached hydrogens (tertiary/aromatic N) is 1. The summed E-state index contributed by atoms with van der Waals surface area (Å²) >= 11 is 0. The topological polar surface area (TPSA) is 45.7 Å². The van der Waals surface area contributed by atoms with E-state index in [9.17, 15) is 0 Å². The van der Waals surface area contributed by atoms with Gasteiger partial charge in [0.15, 0.2) is 5.96 Å². The van der Waals surface area contributed by atoms with Crippen LogP contribution in [0.15, 0.2) is 29.3 Å². The first kappa shape index (κ1) is 21.0. The van der Waals surface area contributed by atoms with Crippen molar-refractivity contribution in [1.82, 2.24) is 10.6 Å². The molecule has 0 saturated heterocycles. The Kier molecular flexibility index (Phi) is 12.0. The molecule has 1 rings (SSSR count). The highest BCUT2D eigenvalue weighted by atomic mass is 127. The monoisotopic (exact) mass is 419 g/mol. The number of hydrogen-bond donors (Lipinski definition) is 2. The summed E-state index contributed by atoms with van der Waals surface area (Å²) in [6, 6.07) is 8.50. The number of aliphatic imine (C=N–C) groups is 1. The minimum Gasteiger partial charge on any atom is -0.497 e. The van der Waals surface area contributed by atoms with Gasteiger partial charge in [-0.1, -0.05) is 38.3 Å². The van der Waals surface area contributed by atoms with Crippen molar-refractivity contribution in [2.45, 2.75) is 52.1 Å². The van der Waals surface area contributed by atoms with Crippen molar-refractivity contribution in [3.8, 4) is 5.75 Å². The predicted molar refractivity (Wildman–Crippen MR) is 105 cm³/mol. The number of unbranched alkanes of at least 4 members (excludes halogenated alkanes) is 2. The maximum absolute atomic E-state index is 5.23. The quantitative estimate of drug-likeness (QED) is 0.290. The fourth-order valence-electron chi connectivity index (χ4n) is 2.17. The van der Waals surface area contributed by atoms with Crippen LogP contribution in [-0.4, -0.2) is 26.2 Å². The van der Waals surface area contributed by atoms with Crippen LogP contribution < -0.4 is 15.4 Å². The van der Waals surface area contributed by atoms with Crippen LogP contribution >= 0.6 is 24.0 Å². The fraction of sp³-hybridized carbons (Fsp3) is 0.588. The first-order valence-corrected chi connectivity index (χ1v) is 7.79. The van der Waals surface area contributed by atoms with Gasteiger partial charge in [-0.05, 0) is 31.0 Å². The van der Waals surface area contributed by atoms with Crippen molar-refractivity contribution in [2.24, 2.45) is 4.99 Å². The lowest BCUT2D eigenvalue weighted by Gasteiger charge is -2.18. The SMILES string of the molecule is CCCCCC(C)NC(=NC)NCc1cccc(OC)c1.I. The second-order valence-electron chi connectivity index (χ2n) is 5.32. The van der Waals surface area contributed by atoms with Crippen LogP contribution in [-0.2, 0) is 6.54 Å². The molecule has 0 heterocycles. The number of halogens is 1. The summed E-state index contributed by atoms with van der Waals surface area (Å²) in [4.78, 5) is 4.28. The molecule has 5 heteroatoms. The van der Waals surface area contributed by atoms with E-state index in [2.05, 4.69) is 35.5 Å². The summed E-state index contributed by atoms with van der Waals surface area (Å²) in [6.45, 7) is 5.17. The summed E-state index contributed by atoms with van der Waals surface area (Å²) in [5, 5.41) is 6.77. The van der Waals surface area contributed by atoms with Crippen LogP contribution in [0, 0.1) is 0 Å². The Morgan fingerprint density at radius 1 is 1.32 bits per heavy atom. The van der Waals surface area contributed by atoms with Gasteiger partial charge in [0.2, 0.25) is 0 Å². The van der Waals surface area contributed by atoms with Gasteiger partial charge in [-0.25, -0.2) is 0 Å². The molecule has 1 unspecified atom stereocenters. The Labute approximate surface area is 152 Å². The van der Waals surface area contributed by atoms with Crippen molar-refractivity contribution >= 4 is 29.9 Å². The average Bonchev–Trinajstić information content (AvgIpc) is 2.51. The smallest absolute Gasteiger partial charge is 0.191 e. The number of hydrogen-bond acceptors (Lipinski definition) is 2. The van der Waals surface area contributed by atoms with Crippen LogP contribution in [0.25, 0.3) is 0 Å². The number of nitrogens with one attached hydrogen (secondary N) is 2. The molecule has 0 bridgehead atoms. The normalized spacial score (nSPS) is 12.3. The van der Waals surface area contributed by atoms with Gasteiger partial charge in [0.05, 0.1) is 7.11 Å². The Morgan fingerprint density at radius 3 is 2.73 bits per heavy atom. The van der Waals surface area contributed by atoms with Gasteiger partial charge in [-0.15, -0.1) is 24.0 Å². The lowest BCUT2D eigenvalue weighted by molar-refractivity contribution is 0.414. The van der Waals surface area contributed by atoms with Gasteiger partial charge in [0, 0.05) is 19.6 Å². The Bertz CT molecular complexity index is 438. The van der Waals surface area contributed by atoms with E-state index in [-0.39, 0.29) is 24.0 Å². The summed E-state index contributed by atoms with van der Waals surface area (Å²) in [6.07, 6.45) is 4.99. The standard InChI is InChI=1S/C17H29N3O.HI/c1-5-6-7-9-14(2)20-17(18-3)19-13-15-10-8-11-16(12-15)21-4;/h8,10-12,14H,5-7,9,13H2,1-4H3,(H2,18,19,20);1H. The van der Waals surface area contributed by atoms with E-state index >= 15 is 0 Å². The van der Waals surface area contributed by atoms with Crippen molar-refractivity contribution in [3.63, 3.8) is 0 Å². The van der Waals surface area contributed by atoms with Gasteiger partial charge < -0.3 is 15.4 Å². The van der Waals surface area contributed by atoms with E-state index in [0.29, 0.717) is 6.04 Å². The number of benzene rings is 1. The molecule has 0 saturated carbocycles. The minimum atomic E-state index is 0. The van der Waals surface area contributed by atoms with Crippen LogP contribution in [0.1, 0.15) is 45.1 Å². The van der Waals surface area contributed by atoms with E-state index in [4.69, 9.17) is 4.74 Å². The number of guanidine groups is 1. The van der Waals surface area contributed by atoms with E-state index in [1.54, 1.807) is 14.2 Å². The van der Waals surface area contributed by atoms with Crippen LogP contribution in [0.4, 0.5) is 0 Å². The Balaban J connectivity index is 0.00000441. The minimum absolute atomic E-state index is 0. The molecule has 1 aromatic carbocycles. The lowest BCUT2D eigenvalue weighted by atomic mass is 10.1. The third-order valence-corrected chi connectivity index (χ3v) is 3.44. The van der Waals surface area contributed by atoms with Crippen LogP contribution in [0.2, 0.25) is 0 Å². The molecule has 1 aromatic rings. The third-order valence-electron chi connectivity index (χ3n) is 3.44. The summed E-state index contributed by atoms with van der Waals surface area (Å²) in [7, 11) is 3.49. The summed E-state index contributed by atoms with van der Waals surface area (Å²) < 4.78 is 5.23. The molecule has 0 aliphatic heterocycles. The third kappa shape index (κ3) is 8.46. The van der Waals surface area contributed by atoms with E-state index in [1.165, 1.54) is 31.2 Å². The van der Waals surface area contributed by atoms with E-state index in [1.807, 2.05) is 18.2 Å². The van der Waals surface area contributed by atoms with E-state index < -0.39 is 0 Å². The maximum Gasteiger partial charge on any atom is 0.191 e. The Morgan fingerprint density at radius 2 is 2.09 bits per heavy atom. The first-order chi connectivity index (χ1) is 10.2. The zero-order chi connectivity index (χ0) is 15.5. The lowest BCUT2D eigenvalue weighted by Crippen LogP contribution is -2.41. The molecule has 2 N–H and O–H groups in total. The summed E-state index contributed by atoms with van der Waals surface area (Å²) in [5.41, 5.74) is 1.18. The molecule has 0 fully saturated rings. The average molecular weight is 419 g/mol. The fourth-order valence-corrected chi connectivity index (χ4v) is 2.17. The predicted octanol–water partition coefficient (Wildman–Crippen LogP) is 3.95. The van der Waals surface area contributed by atoms with Gasteiger partial charge in [-0.3, -0.25) is 4.99 Å². The number of methoxy groups -OCH3 is 1. The van der Waals surface area contributed by atoms with Crippen molar-refractivity contribution in [1.29, 1.82) is 0 Å². The molecular weight excluding hydrogens is 389 g/mol. The Hall–Kier alpha value is -0.980. The molecule has 0 amide bonds. The molecule has 0 radical (unpaired) electrons. The molecule has 0 aliphatic rings. The van der Waals surface area contributed by atoms with Gasteiger partial charge in [-0.2, -0.15) is 0 Å². The zero-order valence-electron chi connectivity index (χ0n) is 14.2. The number of rotatable bonds is 8. The number of ether oxygens (including phenoxy) is 1. The van der Waals surface area contributed by atoms with Crippen LogP contribution in [0.3, 0.4) is 0 Å². The van der Waals surface area contributed by atoms with E-state index in [0.717, 1.165) is 18.3 Å². The zero-order valence-corrected chi connectivity index (χ0v) is 16.5. The molecule has 1 atom stereocenters. The van der Waals surface area contributed by atoms with Gasteiger partial charge >= 0.3 is 0 Å². The molecule has 0 aliphatic carbocycles. The first-order valence-electron chi connectivity index (χ1n) is 7.79. The molecule has 0 spiro atoms. The van der Waals surface area contributed by atoms with Crippen molar-refractivity contribution in [3.05, 3.63) is 29.8 Å². The highest BCUT2D eigenvalue weighted by molar-refractivity contribution is 14.0. The van der Waals surface area contributed by atoms with Crippen LogP contribution in [0.5, 0.6) is 5.75 Å². The van der Waals surface area contributed by atoms with Crippen molar-refractivity contribution in [2.75, 3.05) is 14.2 Å². The molecule has 0 aromatic heterocycles. The van der Waals surface area contributed by atoms with Gasteiger partial charge in [0.25, 0.3) is 0 Å². The molecule has 22 heavy (non-hydrogen) atoms. The molecule has 4 nitrogen and oxygen atoms in total. The van der Waals surface area contributed by atoms with Crippen molar-refractivity contribution < 1.29 is 4.74 Å². The second kappa shape index (κ2) is 12.6. The second-order valence-corrected chi connectivity index (χ2v) is 5.32. The molecule has 126 valence electrons. The summed E-state index contributed by atoms with van der Waals surface area (Å²) in [5.74, 6) is 1.73. The molecular formula is C17H30IN3O. The maximum atomic E-state index is 5.23.